The van der Waals surface area contributed by atoms with Crippen LogP contribution in [-0.4, -0.2) is 20.9 Å². The van der Waals surface area contributed by atoms with Crippen LogP contribution in [0.3, 0.4) is 0 Å². The van der Waals surface area contributed by atoms with Gasteiger partial charge in [0.15, 0.2) is 0 Å². The number of rotatable bonds is 8. The maximum atomic E-state index is 13.7. The van der Waals surface area contributed by atoms with Gasteiger partial charge in [-0.15, -0.1) is 0 Å². The minimum atomic E-state index is -3.95. The van der Waals surface area contributed by atoms with Crippen molar-refractivity contribution in [2.24, 2.45) is 0 Å². The molecule has 6 heteroatoms. The number of sulfonamides is 1. The molecule has 0 aliphatic heterocycles. The molecule has 3 rings (SSSR count). The van der Waals surface area contributed by atoms with E-state index in [-0.39, 0.29) is 23.4 Å². The fraction of sp³-hybridized carbons (Fsp3) is 0.296. The molecule has 0 saturated heterocycles. The standard InChI is InChI=1S/C27H32N2O3S/c1-6-25(23-13-8-19(2)9-14-23)28-27(30)18-29(26-17-21(4)7-12-22(26)5)33(31,32)24-15-10-20(3)11-16-24/h7-17,25H,6,18H2,1-5H3,(H,28,30)/t25-/m1/s1. The third kappa shape index (κ3) is 5.82. The van der Waals surface area contributed by atoms with Crippen molar-refractivity contribution in [2.75, 3.05) is 10.8 Å². The Morgan fingerprint density at radius 3 is 1.97 bits per heavy atom. The van der Waals surface area contributed by atoms with E-state index in [9.17, 15) is 13.2 Å². The number of benzene rings is 3. The monoisotopic (exact) mass is 464 g/mol. The third-order valence-electron chi connectivity index (χ3n) is 5.75. The highest BCUT2D eigenvalue weighted by atomic mass is 32.2. The first-order chi connectivity index (χ1) is 15.6. The molecule has 33 heavy (non-hydrogen) atoms. The van der Waals surface area contributed by atoms with E-state index in [2.05, 4.69) is 5.32 Å². The quantitative estimate of drug-likeness (QED) is 0.486. The lowest BCUT2D eigenvalue weighted by Gasteiger charge is -2.27. The highest BCUT2D eigenvalue weighted by Crippen LogP contribution is 2.28. The van der Waals surface area contributed by atoms with E-state index < -0.39 is 10.0 Å². The summed E-state index contributed by atoms with van der Waals surface area (Å²) in [4.78, 5) is 13.3. The molecule has 174 valence electrons. The Morgan fingerprint density at radius 1 is 0.848 bits per heavy atom. The van der Waals surface area contributed by atoms with Crippen LogP contribution in [0.2, 0.25) is 0 Å². The number of carbonyl (C=O) groups is 1. The number of anilines is 1. The largest absolute Gasteiger partial charge is 0.348 e. The van der Waals surface area contributed by atoms with E-state index in [1.54, 1.807) is 24.3 Å². The lowest BCUT2D eigenvalue weighted by Crippen LogP contribution is -2.42. The van der Waals surface area contributed by atoms with Crippen molar-refractivity contribution in [1.29, 1.82) is 0 Å². The summed E-state index contributed by atoms with van der Waals surface area (Å²) in [6.45, 7) is 9.37. The van der Waals surface area contributed by atoms with Crippen molar-refractivity contribution < 1.29 is 13.2 Å². The van der Waals surface area contributed by atoms with Gasteiger partial charge in [0.25, 0.3) is 10.0 Å². The van der Waals surface area contributed by atoms with Crippen molar-refractivity contribution in [3.63, 3.8) is 0 Å². The van der Waals surface area contributed by atoms with Gasteiger partial charge in [0, 0.05) is 0 Å². The second-order valence-corrected chi connectivity index (χ2v) is 10.4. The number of hydrogen-bond acceptors (Lipinski definition) is 3. The van der Waals surface area contributed by atoms with Crippen LogP contribution in [0.4, 0.5) is 5.69 Å². The van der Waals surface area contributed by atoms with Crippen LogP contribution in [0.15, 0.2) is 71.6 Å². The second kappa shape index (κ2) is 10.2. The first-order valence-electron chi connectivity index (χ1n) is 11.1. The lowest BCUT2D eigenvalue weighted by molar-refractivity contribution is -0.120. The van der Waals surface area contributed by atoms with Crippen LogP contribution >= 0.6 is 0 Å². The number of hydrogen-bond donors (Lipinski definition) is 1. The average molecular weight is 465 g/mol. The number of nitrogens with zero attached hydrogens (tertiary/aromatic N) is 1. The maximum Gasteiger partial charge on any atom is 0.264 e. The van der Waals surface area contributed by atoms with Crippen molar-refractivity contribution in [3.05, 3.63) is 94.5 Å². The van der Waals surface area contributed by atoms with Crippen molar-refractivity contribution in [1.82, 2.24) is 5.32 Å². The van der Waals surface area contributed by atoms with Crippen LogP contribution in [0, 0.1) is 27.7 Å². The van der Waals surface area contributed by atoms with Gasteiger partial charge in [-0.3, -0.25) is 9.10 Å². The maximum absolute atomic E-state index is 13.7. The van der Waals surface area contributed by atoms with Crippen molar-refractivity contribution in [2.45, 2.75) is 52.0 Å². The lowest BCUT2D eigenvalue weighted by atomic mass is 10.0. The number of nitrogens with one attached hydrogen (secondary N) is 1. The van der Waals surface area contributed by atoms with Crippen LogP contribution in [0.1, 0.15) is 47.2 Å². The zero-order chi connectivity index (χ0) is 24.2. The Balaban J connectivity index is 1.95. The summed E-state index contributed by atoms with van der Waals surface area (Å²) in [7, 11) is -3.95. The van der Waals surface area contributed by atoms with Gasteiger partial charge in [0.1, 0.15) is 6.54 Å². The van der Waals surface area contributed by atoms with E-state index in [1.807, 2.05) is 77.1 Å². The molecule has 0 aliphatic rings. The molecular weight excluding hydrogens is 432 g/mol. The highest BCUT2D eigenvalue weighted by Gasteiger charge is 2.29. The summed E-state index contributed by atoms with van der Waals surface area (Å²) >= 11 is 0. The minimum Gasteiger partial charge on any atom is -0.348 e. The SMILES string of the molecule is CC[C@@H](NC(=O)CN(c1cc(C)ccc1C)S(=O)(=O)c1ccc(C)cc1)c1ccc(C)cc1. The summed E-state index contributed by atoms with van der Waals surface area (Å²) in [6, 6.07) is 20.1. The molecule has 0 aromatic heterocycles. The summed E-state index contributed by atoms with van der Waals surface area (Å²) < 4.78 is 28.5. The molecule has 0 aliphatic carbocycles. The topological polar surface area (TPSA) is 66.5 Å². The zero-order valence-electron chi connectivity index (χ0n) is 19.9. The van der Waals surface area contributed by atoms with E-state index >= 15 is 0 Å². The van der Waals surface area contributed by atoms with Gasteiger partial charge in [0.05, 0.1) is 16.6 Å². The van der Waals surface area contributed by atoms with Crippen LogP contribution in [-0.2, 0) is 14.8 Å². The fourth-order valence-corrected chi connectivity index (χ4v) is 5.19. The van der Waals surface area contributed by atoms with Gasteiger partial charge in [-0.1, -0.05) is 66.6 Å². The highest BCUT2D eigenvalue weighted by molar-refractivity contribution is 7.92. The molecule has 0 spiro atoms. The summed E-state index contributed by atoms with van der Waals surface area (Å²) in [5, 5.41) is 3.02. The summed E-state index contributed by atoms with van der Waals surface area (Å²) in [5.41, 5.74) is 5.32. The van der Waals surface area contributed by atoms with Gasteiger partial charge in [-0.25, -0.2) is 8.42 Å². The van der Waals surface area contributed by atoms with Gasteiger partial charge < -0.3 is 5.32 Å². The molecule has 0 radical (unpaired) electrons. The predicted molar refractivity (Wildman–Crippen MR) is 134 cm³/mol. The molecule has 1 N–H and O–H groups in total. The Bertz CT molecular complexity index is 1220. The van der Waals surface area contributed by atoms with Crippen LogP contribution in [0.25, 0.3) is 0 Å². The Morgan fingerprint density at radius 2 is 1.39 bits per heavy atom. The van der Waals surface area contributed by atoms with E-state index in [1.165, 1.54) is 4.31 Å². The second-order valence-electron chi connectivity index (χ2n) is 8.55. The molecule has 5 nitrogen and oxygen atoms in total. The Kier molecular flexibility index (Phi) is 7.59. The molecule has 0 unspecified atom stereocenters. The molecule has 0 fully saturated rings. The van der Waals surface area contributed by atoms with E-state index in [0.717, 1.165) is 27.8 Å². The zero-order valence-corrected chi connectivity index (χ0v) is 20.7. The molecule has 1 amide bonds. The van der Waals surface area contributed by atoms with Crippen molar-refractivity contribution in [3.8, 4) is 0 Å². The van der Waals surface area contributed by atoms with Crippen LogP contribution in [0.5, 0.6) is 0 Å². The first kappa shape index (κ1) is 24.5. The van der Waals surface area contributed by atoms with Crippen LogP contribution < -0.4 is 9.62 Å². The molecular formula is C27H32N2O3S. The summed E-state index contributed by atoms with van der Waals surface area (Å²) in [5.74, 6) is -0.348. The smallest absolute Gasteiger partial charge is 0.264 e. The average Bonchev–Trinajstić information content (AvgIpc) is 2.78. The number of amides is 1. The molecule has 3 aromatic carbocycles. The van der Waals surface area contributed by atoms with E-state index in [4.69, 9.17) is 0 Å². The van der Waals surface area contributed by atoms with Gasteiger partial charge >= 0.3 is 0 Å². The fourth-order valence-electron chi connectivity index (χ4n) is 3.72. The predicted octanol–water partition coefficient (Wildman–Crippen LogP) is 5.38. The van der Waals surface area contributed by atoms with Crippen molar-refractivity contribution >= 4 is 21.6 Å². The molecule has 0 saturated carbocycles. The first-order valence-corrected chi connectivity index (χ1v) is 12.6. The summed E-state index contributed by atoms with van der Waals surface area (Å²) in [6.07, 6.45) is 0.697. The van der Waals surface area contributed by atoms with Gasteiger partial charge in [0.2, 0.25) is 5.91 Å². The normalized spacial score (nSPS) is 12.3. The molecule has 0 bridgehead atoms. The Hall–Kier alpha value is -3.12. The molecule has 0 heterocycles. The van der Waals surface area contributed by atoms with Gasteiger partial charge in [-0.2, -0.15) is 0 Å². The Labute approximate surface area is 197 Å². The number of aryl methyl sites for hydroxylation is 4. The minimum absolute atomic E-state index is 0.160. The van der Waals surface area contributed by atoms with Gasteiger partial charge in [-0.05, 0) is 69.0 Å². The third-order valence-corrected chi connectivity index (χ3v) is 7.53. The molecule has 1 atom stereocenters. The van der Waals surface area contributed by atoms with E-state index in [0.29, 0.717) is 12.1 Å². The molecule has 3 aromatic rings. The number of carbonyl (C=O) groups excluding carboxylic acids is 1.